The van der Waals surface area contributed by atoms with Crippen LogP contribution in [0, 0.1) is 13.8 Å². The lowest BCUT2D eigenvalue weighted by Crippen LogP contribution is -2.42. The Balaban J connectivity index is 1.94. The summed E-state index contributed by atoms with van der Waals surface area (Å²) in [5.74, 6) is 0.711. The fourth-order valence-corrected chi connectivity index (χ4v) is 5.54. The Bertz CT molecular complexity index is 1330. The van der Waals surface area contributed by atoms with Gasteiger partial charge in [0.2, 0.25) is 5.91 Å². The van der Waals surface area contributed by atoms with Crippen molar-refractivity contribution < 1.29 is 22.7 Å². The predicted octanol–water partition coefficient (Wildman–Crippen LogP) is 5.44. The summed E-state index contributed by atoms with van der Waals surface area (Å²) in [6, 6.07) is 16.5. The number of amides is 1. The molecule has 1 amide bonds. The van der Waals surface area contributed by atoms with Crippen molar-refractivity contribution in [1.82, 2.24) is 5.32 Å². The molecule has 0 radical (unpaired) electrons. The molecule has 1 atom stereocenters. The second kappa shape index (κ2) is 11.7. The van der Waals surface area contributed by atoms with Gasteiger partial charge in [0.1, 0.15) is 18.0 Å². The lowest BCUT2D eigenvalue weighted by molar-refractivity contribution is -0.120. The molecule has 0 bridgehead atoms. The maximum Gasteiger partial charge on any atom is 0.264 e. The number of hydrogen-bond donors (Lipinski definition) is 1. The molecule has 0 saturated heterocycles. The third kappa shape index (κ3) is 6.12. The zero-order chi connectivity index (χ0) is 26.5. The molecule has 1 unspecified atom stereocenters. The third-order valence-electron chi connectivity index (χ3n) is 5.88. The monoisotopic (exact) mass is 530 g/mol. The summed E-state index contributed by atoms with van der Waals surface area (Å²) >= 11 is 6.30. The minimum Gasteiger partial charge on any atom is -0.496 e. The van der Waals surface area contributed by atoms with Gasteiger partial charge in [-0.05, 0) is 67.8 Å². The van der Waals surface area contributed by atoms with Crippen LogP contribution in [0.2, 0.25) is 5.02 Å². The Hall–Kier alpha value is -3.23. The van der Waals surface area contributed by atoms with Gasteiger partial charge in [0.25, 0.3) is 10.0 Å². The van der Waals surface area contributed by atoms with Gasteiger partial charge in [0.15, 0.2) is 0 Å². The fraction of sp³-hybridized carbons (Fsp3) is 0.296. The SMILES string of the molecule is CCC(NC(=O)CN(c1ccc(OC)c(Cl)c1)S(=O)(=O)c1ccc(C)cc1)c1ccc(OC)c(C)c1. The topological polar surface area (TPSA) is 84.9 Å². The Morgan fingerprint density at radius 1 is 0.972 bits per heavy atom. The van der Waals surface area contributed by atoms with Gasteiger partial charge < -0.3 is 14.8 Å². The van der Waals surface area contributed by atoms with E-state index in [1.54, 1.807) is 31.4 Å². The van der Waals surface area contributed by atoms with Gasteiger partial charge in [-0.15, -0.1) is 0 Å². The molecule has 0 aliphatic carbocycles. The second-order valence-electron chi connectivity index (χ2n) is 8.40. The first-order valence-corrected chi connectivity index (χ1v) is 13.3. The van der Waals surface area contributed by atoms with Crippen LogP contribution >= 0.6 is 11.6 Å². The minimum absolute atomic E-state index is 0.0747. The molecular weight excluding hydrogens is 500 g/mol. The molecule has 3 aromatic carbocycles. The number of aryl methyl sites for hydroxylation is 2. The second-order valence-corrected chi connectivity index (χ2v) is 10.7. The number of hydrogen-bond acceptors (Lipinski definition) is 5. The zero-order valence-electron chi connectivity index (χ0n) is 21.0. The highest BCUT2D eigenvalue weighted by atomic mass is 35.5. The van der Waals surface area contributed by atoms with Crippen molar-refractivity contribution in [2.75, 3.05) is 25.1 Å². The van der Waals surface area contributed by atoms with Gasteiger partial charge in [-0.2, -0.15) is 0 Å². The first kappa shape index (κ1) is 27.4. The molecule has 0 aliphatic rings. The van der Waals surface area contributed by atoms with E-state index in [9.17, 15) is 13.2 Å². The summed E-state index contributed by atoms with van der Waals surface area (Å²) in [6.07, 6.45) is 0.622. The Labute approximate surface area is 218 Å². The molecule has 3 aromatic rings. The molecule has 0 spiro atoms. The number of anilines is 1. The molecule has 0 heterocycles. The van der Waals surface area contributed by atoms with Crippen LogP contribution in [0.3, 0.4) is 0 Å². The summed E-state index contributed by atoms with van der Waals surface area (Å²) in [5, 5.41) is 3.21. The van der Waals surface area contributed by atoms with Crippen molar-refractivity contribution in [3.8, 4) is 11.5 Å². The number of methoxy groups -OCH3 is 2. The van der Waals surface area contributed by atoms with Crippen molar-refractivity contribution in [1.29, 1.82) is 0 Å². The highest BCUT2D eigenvalue weighted by Gasteiger charge is 2.28. The summed E-state index contributed by atoms with van der Waals surface area (Å²) in [7, 11) is -0.989. The molecule has 0 fully saturated rings. The molecule has 0 saturated carbocycles. The van der Waals surface area contributed by atoms with Crippen molar-refractivity contribution in [3.05, 3.63) is 82.4 Å². The quantitative estimate of drug-likeness (QED) is 0.377. The van der Waals surface area contributed by atoms with Crippen LogP contribution in [0.4, 0.5) is 5.69 Å². The Morgan fingerprint density at radius 3 is 2.17 bits per heavy atom. The fourth-order valence-electron chi connectivity index (χ4n) is 3.87. The Morgan fingerprint density at radius 2 is 1.61 bits per heavy atom. The molecule has 0 aliphatic heterocycles. The largest absolute Gasteiger partial charge is 0.496 e. The van der Waals surface area contributed by atoms with Gasteiger partial charge >= 0.3 is 0 Å². The zero-order valence-corrected chi connectivity index (χ0v) is 22.6. The number of carbonyl (C=O) groups excluding carboxylic acids is 1. The summed E-state index contributed by atoms with van der Waals surface area (Å²) in [5.41, 5.74) is 3.03. The van der Waals surface area contributed by atoms with E-state index in [-0.39, 0.29) is 21.6 Å². The molecule has 1 N–H and O–H groups in total. The number of benzene rings is 3. The number of carbonyl (C=O) groups is 1. The number of rotatable bonds is 10. The number of nitrogens with one attached hydrogen (secondary N) is 1. The van der Waals surface area contributed by atoms with Crippen LogP contribution in [0.5, 0.6) is 11.5 Å². The van der Waals surface area contributed by atoms with Crippen LogP contribution in [0.25, 0.3) is 0 Å². The number of sulfonamides is 1. The van der Waals surface area contributed by atoms with E-state index in [1.165, 1.54) is 25.3 Å². The van der Waals surface area contributed by atoms with E-state index in [4.69, 9.17) is 21.1 Å². The van der Waals surface area contributed by atoms with Gasteiger partial charge in [-0.1, -0.05) is 48.4 Å². The first-order chi connectivity index (χ1) is 17.1. The number of ether oxygens (including phenoxy) is 2. The maximum absolute atomic E-state index is 13.6. The first-order valence-electron chi connectivity index (χ1n) is 11.5. The standard InChI is InChI=1S/C27H31ClN2O5S/c1-6-24(20-9-13-25(34-4)19(3)15-20)29-27(31)17-30(21-10-14-26(35-5)23(28)16-21)36(32,33)22-11-7-18(2)8-12-22/h7-16,24H,6,17H2,1-5H3,(H,29,31). The van der Waals surface area contributed by atoms with E-state index in [0.29, 0.717) is 12.2 Å². The molecule has 7 nitrogen and oxygen atoms in total. The lowest BCUT2D eigenvalue weighted by atomic mass is 10.0. The van der Waals surface area contributed by atoms with Gasteiger partial charge in [-0.3, -0.25) is 9.10 Å². The van der Waals surface area contributed by atoms with E-state index < -0.39 is 22.5 Å². The smallest absolute Gasteiger partial charge is 0.264 e. The van der Waals surface area contributed by atoms with E-state index >= 15 is 0 Å². The Kier molecular flexibility index (Phi) is 8.87. The van der Waals surface area contributed by atoms with E-state index in [0.717, 1.165) is 26.7 Å². The van der Waals surface area contributed by atoms with Crippen molar-refractivity contribution in [2.45, 2.75) is 38.1 Å². The lowest BCUT2D eigenvalue weighted by Gasteiger charge is -2.26. The normalized spacial score (nSPS) is 12.1. The third-order valence-corrected chi connectivity index (χ3v) is 7.97. The molecule has 9 heteroatoms. The van der Waals surface area contributed by atoms with E-state index in [2.05, 4.69) is 5.32 Å². The number of nitrogens with zero attached hydrogens (tertiary/aromatic N) is 1. The average Bonchev–Trinajstić information content (AvgIpc) is 2.86. The van der Waals surface area contributed by atoms with Gasteiger partial charge in [0, 0.05) is 0 Å². The summed E-state index contributed by atoms with van der Waals surface area (Å²) < 4.78 is 38.9. The molecule has 3 rings (SSSR count). The molecular formula is C27H31ClN2O5S. The van der Waals surface area contributed by atoms with Crippen LogP contribution in [-0.4, -0.2) is 35.1 Å². The van der Waals surface area contributed by atoms with Crippen LogP contribution in [0.1, 0.15) is 36.1 Å². The molecule has 36 heavy (non-hydrogen) atoms. The number of halogens is 1. The molecule has 0 aromatic heterocycles. The minimum atomic E-state index is -4.07. The van der Waals surface area contributed by atoms with Crippen molar-refractivity contribution >= 4 is 33.2 Å². The average molecular weight is 531 g/mol. The van der Waals surface area contributed by atoms with Crippen LogP contribution < -0.4 is 19.1 Å². The van der Waals surface area contributed by atoms with Crippen LogP contribution in [-0.2, 0) is 14.8 Å². The highest BCUT2D eigenvalue weighted by Crippen LogP contribution is 2.32. The van der Waals surface area contributed by atoms with Gasteiger partial charge in [0.05, 0.1) is 35.9 Å². The van der Waals surface area contributed by atoms with Crippen molar-refractivity contribution in [3.63, 3.8) is 0 Å². The van der Waals surface area contributed by atoms with Gasteiger partial charge in [-0.25, -0.2) is 8.42 Å². The van der Waals surface area contributed by atoms with E-state index in [1.807, 2.05) is 39.0 Å². The predicted molar refractivity (Wildman–Crippen MR) is 143 cm³/mol. The highest BCUT2D eigenvalue weighted by molar-refractivity contribution is 7.92. The van der Waals surface area contributed by atoms with Crippen LogP contribution in [0.15, 0.2) is 65.6 Å². The summed E-state index contributed by atoms with van der Waals surface area (Å²) in [6.45, 7) is 5.33. The summed E-state index contributed by atoms with van der Waals surface area (Å²) in [4.78, 5) is 13.3. The maximum atomic E-state index is 13.6. The molecule has 192 valence electrons. The van der Waals surface area contributed by atoms with Crippen molar-refractivity contribution in [2.24, 2.45) is 0 Å².